The van der Waals surface area contributed by atoms with Crippen molar-refractivity contribution in [2.75, 3.05) is 25.4 Å². The number of halogens is 3. The summed E-state index contributed by atoms with van der Waals surface area (Å²) in [6.07, 6.45) is 12.9. The molecular formula is C27H30Cl2FN3O2. The van der Waals surface area contributed by atoms with E-state index in [-0.39, 0.29) is 10.8 Å². The maximum Gasteiger partial charge on any atom is 0.205 e. The number of furan rings is 1. The molecule has 5 nitrogen and oxygen atoms in total. The van der Waals surface area contributed by atoms with Crippen molar-refractivity contribution < 1.29 is 13.5 Å². The van der Waals surface area contributed by atoms with Gasteiger partial charge in [-0.1, -0.05) is 48.5 Å². The Bertz CT molecular complexity index is 1250. The Kier molecular flexibility index (Phi) is 7.24. The third kappa shape index (κ3) is 5.02. The van der Waals surface area contributed by atoms with Crippen LogP contribution in [0.2, 0.25) is 10.0 Å². The molecule has 2 aliphatic rings. The van der Waals surface area contributed by atoms with Gasteiger partial charge < -0.3 is 14.9 Å². The summed E-state index contributed by atoms with van der Waals surface area (Å²) < 4.78 is 26.1. The lowest BCUT2D eigenvalue weighted by molar-refractivity contribution is 0.216. The number of nitrogens with two attached hydrogens (primary N) is 1. The normalized spacial score (nSPS) is 18.6. The molecule has 3 aromatic rings. The summed E-state index contributed by atoms with van der Waals surface area (Å²) in [5.41, 5.74) is 9.26. The van der Waals surface area contributed by atoms with Crippen LogP contribution in [-0.2, 0) is 0 Å². The van der Waals surface area contributed by atoms with Crippen molar-refractivity contribution in [1.29, 1.82) is 0 Å². The molecule has 0 unspecified atom stereocenters. The van der Waals surface area contributed by atoms with Gasteiger partial charge in [-0.25, -0.2) is 9.37 Å². The smallest absolute Gasteiger partial charge is 0.205 e. The van der Waals surface area contributed by atoms with Gasteiger partial charge >= 0.3 is 0 Å². The topological polar surface area (TPSA) is 64.5 Å². The molecule has 1 atom stereocenters. The predicted molar refractivity (Wildman–Crippen MR) is 139 cm³/mol. The molecule has 0 bridgehead atoms. The third-order valence-electron chi connectivity index (χ3n) is 7.26. The number of anilines is 1. The maximum atomic E-state index is 14.0. The molecule has 35 heavy (non-hydrogen) atoms. The van der Waals surface area contributed by atoms with E-state index in [4.69, 9.17) is 38.1 Å². The average Bonchev–Trinajstić information content (AvgIpc) is 3.29. The molecule has 2 N–H and O–H groups in total. The van der Waals surface area contributed by atoms with Crippen LogP contribution in [0.15, 0.2) is 35.1 Å². The number of nitrogens with zero attached hydrogens (tertiary/aromatic N) is 2. The summed E-state index contributed by atoms with van der Waals surface area (Å²) in [5, 5.41) is 1.08. The molecule has 1 fully saturated rings. The minimum absolute atomic E-state index is 0.0750. The van der Waals surface area contributed by atoms with E-state index in [9.17, 15) is 4.39 Å². The van der Waals surface area contributed by atoms with Gasteiger partial charge in [0.05, 0.1) is 16.7 Å². The zero-order valence-electron chi connectivity index (χ0n) is 19.8. The molecule has 0 spiro atoms. The van der Waals surface area contributed by atoms with E-state index in [0.29, 0.717) is 21.9 Å². The minimum atomic E-state index is -0.670. The number of rotatable bonds is 6. The summed E-state index contributed by atoms with van der Waals surface area (Å²) in [6.45, 7) is 4.90. The first-order valence-corrected chi connectivity index (χ1v) is 13.1. The van der Waals surface area contributed by atoms with Crippen LogP contribution in [-0.4, -0.2) is 29.5 Å². The Labute approximate surface area is 215 Å². The van der Waals surface area contributed by atoms with Crippen LogP contribution < -0.4 is 10.5 Å². The Morgan fingerprint density at radius 3 is 2.80 bits per heavy atom. The maximum absolute atomic E-state index is 14.0. The summed E-state index contributed by atoms with van der Waals surface area (Å²) >= 11 is 12.5. The molecule has 0 saturated heterocycles. The SMILES string of the molecule is C[C@@H](Oc1c(N)ncc2c(C3=CCN(CC4CCCCC4)CC3)coc12)c1c(Cl)ccc(F)c1Cl. The molecule has 0 radical (unpaired) electrons. The second kappa shape index (κ2) is 10.4. The van der Waals surface area contributed by atoms with E-state index in [1.807, 2.05) is 0 Å². The Hall–Kier alpha value is -2.28. The number of ether oxygens (including phenoxy) is 1. The van der Waals surface area contributed by atoms with E-state index in [1.165, 1.54) is 56.4 Å². The lowest BCUT2D eigenvalue weighted by Crippen LogP contribution is -2.33. The van der Waals surface area contributed by atoms with Gasteiger partial charge in [-0.3, -0.25) is 4.90 Å². The number of pyridine rings is 1. The van der Waals surface area contributed by atoms with Gasteiger partial charge in [-0.2, -0.15) is 0 Å². The highest BCUT2D eigenvalue weighted by Crippen LogP contribution is 2.41. The van der Waals surface area contributed by atoms with Crippen LogP contribution in [0.25, 0.3) is 16.5 Å². The zero-order valence-corrected chi connectivity index (χ0v) is 21.3. The molecular weight excluding hydrogens is 488 g/mol. The number of fused-ring (bicyclic) bond motifs is 1. The van der Waals surface area contributed by atoms with Crippen molar-refractivity contribution in [1.82, 2.24) is 9.88 Å². The quantitative estimate of drug-likeness (QED) is 0.340. The lowest BCUT2D eigenvalue weighted by Gasteiger charge is -2.31. The molecule has 5 rings (SSSR count). The highest BCUT2D eigenvalue weighted by molar-refractivity contribution is 6.36. The molecule has 1 saturated carbocycles. The van der Waals surface area contributed by atoms with Crippen LogP contribution >= 0.6 is 23.2 Å². The van der Waals surface area contributed by atoms with Crippen molar-refractivity contribution in [2.45, 2.75) is 51.6 Å². The largest absolute Gasteiger partial charge is 0.478 e. The number of aromatic nitrogens is 1. The first-order valence-electron chi connectivity index (χ1n) is 12.3. The number of nitrogen functional groups attached to an aromatic ring is 1. The van der Waals surface area contributed by atoms with Crippen LogP contribution in [0.5, 0.6) is 5.75 Å². The number of hydrogen-bond acceptors (Lipinski definition) is 5. The number of hydrogen-bond donors (Lipinski definition) is 1. The first-order chi connectivity index (χ1) is 16.9. The lowest BCUT2D eigenvalue weighted by atomic mass is 9.88. The van der Waals surface area contributed by atoms with Crippen LogP contribution in [0.1, 0.15) is 62.7 Å². The molecule has 1 aliphatic heterocycles. The van der Waals surface area contributed by atoms with Gasteiger partial charge in [0.1, 0.15) is 11.9 Å². The van der Waals surface area contributed by atoms with E-state index in [1.54, 1.807) is 19.4 Å². The van der Waals surface area contributed by atoms with Crippen molar-refractivity contribution >= 4 is 45.6 Å². The molecule has 1 aliphatic carbocycles. The summed E-state index contributed by atoms with van der Waals surface area (Å²) in [7, 11) is 0. The fraction of sp³-hybridized carbons (Fsp3) is 0.444. The van der Waals surface area contributed by atoms with Crippen molar-refractivity contribution in [3.63, 3.8) is 0 Å². The Morgan fingerprint density at radius 2 is 2.06 bits per heavy atom. The van der Waals surface area contributed by atoms with Gasteiger partial charge in [0.25, 0.3) is 0 Å². The van der Waals surface area contributed by atoms with Crippen LogP contribution in [0.4, 0.5) is 10.2 Å². The second-order valence-electron chi connectivity index (χ2n) is 9.62. The molecule has 186 valence electrons. The molecule has 0 amide bonds. The van der Waals surface area contributed by atoms with Gasteiger partial charge in [0.2, 0.25) is 5.75 Å². The van der Waals surface area contributed by atoms with E-state index >= 15 is 0 Å². The fourth-order valence-corrected chi connectivity index (χ4v) is 6.03. The Balaban J connectivity index is 1.37. The molecule has 1 aromatic carbocycles. The van der Waals surface area contributed by atoms with E-state index in [2.05, 4.69) is 16.0 Å². The molecule has 3 heterocycles. The number of benzene rings is 1. The van der Waals surface area contributed by atoms with Gasteiger partial charge in [-0.05, 0) is 49.8 Å². The third-order valence-corrected chi connectivity index (χ3v) is 7.98. The second-order valence-corrected chi connectivity index (χ2v) is 10.4. The minimum Gasteiger partial charge on any atom is -0.478 e. The highest BCUT2D eigenvalue weighted by atomic mass is 35.5. The fourth-order valence-electron chi connectivity index (χ4n) is 5.35. The van der Waals surface area contributed by atoms with Crippen LogP contribution in [0.3, 0.4) is 0 Å². The first kappa shape index (κ1) is 24.4. The van der Waals surface area contributed by atoms with Crippen molar-refractivity contribution in [2.24, 2.45) is 5.92 Å². The van der Waals surface area contributed by atoms with Crippen molar-refractivity contribution in [3.8, 4) is 5.75 Å². The standard InChI is InChI=1S/C27H30Cl2FN3O2/c1-16(23-21(28)7-8-22(30)24(23)29)35-26-25-19(13-32-27(26)31)20(15-34-25)18-9-11-33(12-10-18)14-17-5-3-2-4-6-17/h7-9,13,15-17H,2-6,10-12,14H2,1H3,(H2,31,32)/t16-/m1/s1. The summed E-state index contributed by atoms with van der Waals surface area (Å²) in [5.74, 6) is 0.758. The predicted octanol–water partition coefficient (Wildman–Crippen LogP) is 7.67. The van der Waals surface area contributed by atoms with Gasteiger partial charge in [0.15, 0.2) is 11.4 Å². The molecule has 8 heteroatoms. The Morgan fingerprint density at radius 1 is 1.26 bits per heavy atom. The van der Waals surface area contributed by atoms with E-state index in [0.717, 1.165) is 36.4 Å². The van der Waals surface area contributed by atoms with Gasteiger partial charge in [0, 0.05) is 42.0 Å². The summed E-state index contributed by atoms with van der Waals surface area (Å²) in [4.78, 5) is 6.91. The van der Waals surface area contributed by atoms with E-state index < -0.39 is 11.9 Å². The monoisotopic (exact) mass is 517 g/mol. The molecule has 2 aromatic heterocycles. The zero-order chi connectivity index (χ0) is 24.5. The van der Waals surface area contributed by atoms with Crippen LogP contribution in [0, 0.1) is 11.7 Å². The van der Waals surface area contributed by atoms with Gasteiger partial charge in [-0.15, -0.1) is 0 Å². The van der Waals surface area contributed by atoms with Crippen molar-refractivity contribution in [3.05, 3.63) is 57.7 Å². The average molecular weight is 518 g/mol. The summed E-state index contributed by atoms with van der Waals surface area (Å²) in [6, 6.07) is 2.68. The highest BCUT2D eigenvalue weighted by Gasteiger charge is 2.25.